The Bertz CT molecular complexity index is 1300. The van der Waals surface area contributed by atoms with Gasteiger partial charge >= 0.3 is 35.5 Å². The average Bonchev–Trinajstić information content (AvgIpc) is 3.03. The van der Waals surface area contributed by atoms with Crippen LogP contribution in [0.5, 0.6) is 5.75 Å². The molecule has 0 spiro atoms. The summed E-state index contributed by atoms with van der Waals surface area (Å²) >= 11 is 3.51. The average molecular weight is 504 g/mol. The molecule has 1 heterocycles. The van der Waals surface area contributed by atoms with E-state index in [1.165, 1.54) is 12.1 Å². The molecule has 4 aromatic rings. The molecule has 0 aliphatic rings. The van der Waals surface area contributed by atoms with E-state index in [1.54, 1.807) is 12.1 Å². The molecular formula is C24H23BrN3NaO3. The van der Waals surface area contributed by atoms with Crippen molar-refractivity contribution in [3.8, 4) is 5.75 Å². The fourth-order valence-electron chi connectivity index (χ4n) is 3.63. The van der Waals surface area contributed by atoms with Gasteiger partial charge in [-0.25, -0.2) is 4.79 Å². The molecular weight excluding hydrogens is 481 g/mol. The number of imidazole rings is 1. The predicted octanol–water partition coefficient (Wildman–Crippen LogP) is 4.25. The molecule has 3 aromatic carbocycles. The molecule has 32 heavy (non-hydrogen) atoms. The number of carboxylic acids is 1. The van der Waals surface area contributed by atoms with Crippen LogP contribution >= 0.6 is 15.9 Å². The van der Waals surface area contributed by atoms with Crippen molar-refractivity contribution in [1.82, 2.24) is 9.13 Å². The summed E-state index contributed by atoms with van der Waals surface area (Å²) in [6.45, 7) is 1.67. The monoisotopic (exact) mass is 503 g/mol. The van der Waals surface area contributed by atoms with Crippen molar-refractivity contribution >= 4 is 62.5 Å². The molecule has 0 saturated carbocycles. The summed E-state index contributed by atoms with van der Waals surface area (Å²) in [4.78, 5) is 11.1. The van der Waals surface area contributed by atoms with Crippen molar-refractivity contribution in [3.05, 3.63) is 94.0 Å². The zero-order valence-corrected chi connectivity index (χ0v) is 18.4. The molecule has 6 nitrogen and oxygen atoms in total. The molecule has 0 saturated heterocycles. The first-order chi connectivity index (χ1) is 15.0. The molecule has 0 fully saturated rings. The van der Waals surface area contributed by atoms with Gasteiger partial charge in [-0.05, 0) is 54.4 Å². The van der Waals surface area contributed by atoms with Crippen molar-refractivity contribution in [3.63, 3.8) is 0 Å². The number of nitrogens with one attached hydrogen (secondary N) is 1. The molecule has 0 radical (unpaired) electrons. The van der Waals surface area contributed by atoms with Crippen LogP contribution in [-0.4, -0.2) is 56.4 Å². The van der Waals surface area contributed by atoms with E-state index < -0.39 is 5.97 Å². The summed E-state index contributed by atoms with van der Waals surface area (Å²) in [5.74, 6) is -0.439. The number of benzene rings is 3. The molecule has 0 aliphatic carbocycles. The minimum atomic E-state index is -0.974. The summed E-state index contributed by atoms with van der Waals surface area (Å²) in [5, 5.41) is 17.9. The number of halogens is 1. The zero-order chi connectivity index (χ0) is 21.8. The maximum absolute atomic E-state index is 11.1. The van der Waals surface area contributed by atoms with E-state index in [0.717, 1.165) is 21.1 Å². The second kappa shape index (κ2) is 11.0. The second-order valence-corrected chi connectivity index (χ2v) is 8.13. The summed E-state index contributed by atoms with van der Waals surface area (Å²) < 4.78 is 10.8. The number of carbonyl (C=O) groups is 1. The van der Waals surface area contributed by atoms with E-state index in [2.05, 4.69) is 28.1 Å². The number of hydrogen-bond acceptors (Lipinski definition) is 3. The van der Waals surface area contributed by atoms with Crippen molar-refractivity contribution in [2.24, 2.45) is 0 Å². The van der Waals surface area contributed by atoms with Crippen LogP contribution in [0.15, 0.2) is 77.3 Å². The Balaban J connectivity index is 0.00000289. The third-order valence-electron chi connectivity index (χ3n) is 5.08. The molecule has 2 N–H and O–H groups in total. The Morgan fingerprint density at radius 3 is 2.41 bits per heavy atom. The van der Waals surface area contributed by atoms with Gasteiger partial charge in [0.15, 0.2) is 0 Å². The fourth-order valence-corrected chi connectivity index (χ4v) is 4.08. The van der Waals surface area contributed by atoms with Crippen molar-refractivity contribution in [2.75, 3.05) is 6.61 Å². The van der Waals surface area contributed by atoms with Crippen molar-refractivity contribution < 1.29 is 14.6 Å². The first-order valence-electron chi connectivity index (χ1n) is 9.96. The number of fused-ring (bicyclic) bond motifs is 1. The number of para-hydroxylation sites is 2. The third kappa shape index (κ3) is 5.53. The molecule has 8 heteroatoms. The normalized spacial score (nSPS) is 10.7. The Morgan fingerprint density at radius 1 is 0.969 bits per heavy atom. The number of carboxylic acid groups (broad SMARTS) is 1. The number of hydrogen-bond donors (Lipinski definition) is 2. The van der Waals surface area contributed by atoms with Crippen LogP contribution in [-0.2, 0) is 13.1 Å². The van der Waals surface area contributed by atoms with Gasteiger partial charge in [-0.15, -0.1) is 0 Å². The summed E-state index contributed by atoms with van der Waals surface area (Å²) in [5.41, 5.74) is 3.79. The number of rotatable bonds is 8. The number of aromatic nitrogens is 2. The van der Waals surface area contributed by atoms with E-state index in [-0.39, 0.29) is 35.1 Å². The van der Waals surface area contributed by atoms with Gasteiger partial charge in [0.05, 0.1) is 29.7 Å². The summed E-state index contributed by atoms with van der Waals surface area (Å²) in [6.07, 6.45) is 0.693. The second-order valence-electron chi connectivity index (χ2n) is 7.22. The number of aryl methyl sites for hydroxylation is 1. The van der Waals surface area contributed by atoms with Crippen LogP contribution in [0, 0.1) is 5.41 Å². The molecule has 0 bridgehead atoms. The molecule has 160 valence electrons. The first-order valence-corrected chi connectivity index (χ1v) is 10.8. The Hall–Kier alpha value is -2.32. The minimum absolute atomic E-state index is 0. The third-order valence-corrected chi connectivity index (χ3v) is 5.57. The molecule has 0 amide bonds. The van der Waals surface area contributed by atoms with Crippen LogP contribution in [0.2, 0.25) is 0 Å². The van der Waals surface area contributed by atoms with Crippen LogP contribution < -0.4 is 10.4 Å². The van der Waals surface area contributed by atoms with Gasteiger partial charge in [-0.1, -0.05) is 46.3 Å². The number of nitrogens with zero attached hydrogens (tertiary/aromatic N) is 2. The van der Waals surface area contributed by atoms with E-state index >= 15 is 0 Å². The Labute approximate surface area is 216 Å². The predicted molar refractivity (Wildman–Crippen MR) is 130 cm³/mol. The van der Waals surface area contributed by atoms with Gasteiger partial charge in [-0.3, -0.25) is 5.41 Å². The summed E-state index contributed by atoms with van der Waals surface area (Å²) in [6, 6.07) is 22.6. The summed E-state index contributed by atoms with van der Waals surface area (Å²) in [7, 11) is 0. The molecule has 0 atom stereocenters. The van der Waals surface area contributed by atoms with E-state index in [1.807, 2.05) is 45.5 Å². The SMILES string of the molecule is N=c1n(CCCOc2cccc(C(=O)O)c2)c2ccccc2n1Cc1cccc(Br)c1.[NaH]. The van der Waals surface area contributed by atoms with Gasteiger partial charge in [-0.2, -0.15) is 0 Å². The van der Waals surface area contributed by atoms with Gasteiger partial charge in [0.1, 0.15) is 5.75 Å². The maximum atomic E-state index is 11.1. The first kappa shape index (κ1) is 24.3. The molecule has 1 aromatic heterocycles. The van der Waals surface area contributed by atoms with Crippen LogP contribution in [0.1, 0.15) is 22.3 Å². The fraction of sp³-hybridized carbons (Fsp3) is 0.167. The van der Waals surface area contributed by atoms with Crippen molar-refractivity contribution in [1.29, 1.82) is 5.41 Å². The Kier molecular flexibility index (Phi) is 8.37. The van der Waals surface area contributed by atoms with E-state index in [0.29, 0.717) is 37.5 Å². The topological polar surface area (TPSA) is 80.2 Å². The molecule has 0 aliphatic heterocycles. The van der Waals surface area contributed by atoms with E-state index in [9.17, 15) is 4.79 Å². The molecule has 4 rings (SSSR count). The number of ether oxygens (including phenoxy) is 1. The van der Waals surface area contributed by atoms with Crippen LogP contribution in [0.4, 0.5) is 0 Å². The zero-order valence-electron chi connectivity index (χ0n) is 16.8. The van der Waals surface area contributed by atoms with Gasteiger partial charge in [0.2, 0.25) is 5.62 Å². The van der Waals surface area contributed by atoms with Crippen LogP contribution in [0.3, 0.4) is 0 Å². The Morgan fingerprint density at radius 2 is 1.69 bits per heavy atom. The van der Waals surface area contributed by atoms with Gasteiger partial charge < -0.3 is 19.0 Å². The van der Waals surface area contributed by atoms with Gasteiger partial charge in [0, 0.05) is 11.0 Å². The van der Waals surface area contributed by atoms with Crippen LogP contribution in [0.25, 0.3) is 11.0 Å². The van der Waals surface area contributed by atoms with E-state index in [4.69, 9.17) is 15.3 Å². The quantitative estimate of drug-likeness (QED) is 0.278. The number of aromatic carboxylic acids is 1. The van der Waals surface area contributed by atoms with Crippen molar-refractivity contribution in [2.45, 2.75) is 19.5 Å². The molecule has 0 unspecified atom stereocenters. The van der Waals surface area contributed by atoms with Gasteiger partial charge in [0.25, 0.3) is 0 Å². The standard InChI is InChI=1S/C24H22BrN3O3.Na.H/c25-19-8-3-6-17(14-19)16-28-22-11-2-1-10-21(22)27(24(28)26)12-5-13-31-20-9-4-7-18(15-20)23(29)30;;/h1-4,6-11,14-15,26H,5,12-13,16H2,(H,29,30);;.